The van der Waals surface area contributed by atoms with Crippen LogP contribution in [0.5, 0.6) is 0 Å². The molecule has 2 aromatic rings. The van der Waals surface area contributed by atoms with Crippen LogP contribution in [-0.2, 0) is 6.18 Å². The highest BCUT2D eigenvalue weighted by atomic mass is 19.4. The van der Waals surface area contributed by atoms with Gasteiger partial charge in [0.15, 0.2) is 11.3 Å². The molecular formula is C7H4F3N3O. The first-order valence-electron chi connectivity index (χ1n) is 3.56. The van der Waals surface area contributed by atoms with E-state index in [9.17, 15) is 13.2 Å². The molecule has 0 atom stereocenters. The van der Waals surface area contributed by atoms with Crippen LogP contribution in [-0.4, -0.2) is 9.97 Å². The lowest BCUT2D eigenvalue weighted by Gasteiger charge is -2.03. The van der Waals surface area contributed by atoms with E-state index in [0.717, 1.165) is 6.20 Å². The summed E-state index contributed by atoms with van der Waals surface area (Å²) >= 11 is 0. The molecule has 0 fully saturated rings. The fourth-order valence-corrected chi connectivity index (χ4v) is 1.08. The molecule has 0 aliphatic carbocycles. The summed E-state index contributed by atoms with van der Waals surface area (Å²) in [5, 5.41) is 0. The summed E-state index contributed by atoms with van der Waals surface area (Å²) in [6.45, 7) is 0. The van der Waals surface area contributed by atoms with E-state index >= 15 is 0 Å². The van der Waals surface area contributed by atoms with Crippen LogP contribution in [0.3, 0.4) is 0 Å². The molecule has 2 aromatic heterocycles. The van der Waals surface area contributed by atoms with Gasteiger partial charge < -0.3 is 10.2 Å². The van der Waals surface area contributed by atoms with Gasteiger partial charge in [-0.3, -0.25) is 0 Å². The number of aromatic nitrogens is 2. The van der Waals surface area contributed by atoms with Crippen LogP contribution in [0.25, 0.3) is 11.1 Å². The number of oxazole rings is 1. The fourth-order valence-electron chi connectivity index (χ4n) is 1.08. The minimum atomic E-state index is -4.55. The number of rotatable bonds is 0. The highest BCUT2D eigenvalue weighted by Crippen LogP contribution is 2.32. The SMILES string of the molecule is Nc1nc2c(C(F)(F)F)nccc2o1. The van der Waals surface area contributed by atoms with Crippen molar-refractivity contribution in [3.8, 4) is 0 Å². The van der Waals surface area contributed by atoms with Gasteiger partial charge in [-0.05, 0) is 0 Å². The van der Waals surface area contributed by atoms with Crippen molar-refractivity contribution in [1.82, 2.24) is 9.97 Å². The van der Waals surface area contributed by atoms with Gasteiger partial charge in [-0.15, -0.1) is 0 Å². The zero-order valence-corrected chi connectivity index (χ0v) is 6.67. The third kappa shape index (κ3) is 1.26. The molecule has 4 nitrogen and oxygen atoms in total. The molecule has 0 spiro atoms. The quantitative estimate of drug-likeness (QED) is 0.709. The summed E-state index contributed by atoms with van der Waals surface area (Å²) in [5.74, 6) is 0. The number of hydrogen-bond donors (Lipinski definition) is 1. The number of pyridine rings is 1. The van der Waals surface area contributed by atoms with Gasteiger partial charge in [-0.2, -0.15) is 18.2 Å². The minimum Gasteiger partial charge on any atom is -0.424 e. The van der Waals surface area contributed by atoms with Crippen LogP contribution in [0.15, 0.2) is 16.7 Å². The zero-order chi connectivity index (χ0) is 10.3. The Morgan fingerprint density at radius 2 is 2.07 bits per heavy atom. The third-order valence-electron chi connectivity index (χ3n) is 1.59. The Kier molecular flexibility index (Phi) is 1.63. The van der Waals surface area contributed by atoms with Crippen molar-refractivity contribution in [3.63, 3.8) is 0 Å². The average Bonchev–Trinajstić information content (AvgIpc) is 2.41. The first kappa shape index (κ1) is 8.79. The molecule has 0 amide bonds. The van der Waals surface area contributed by atoms with Crippen molar-refractivity contribution in [2.75, 3.05) is 5.73 Å². The largest absolute Gasteiger partial charge is 0.435 e. The topological polar surface area (TPSA) is 64.9 Å². The molecule has 2 N–H and O–H groups in total. The van der Waals surface area contributed by atoms with Gasteiger partial charge >= 0.3 is 6.18 Å². The number of alkyl halides is 3. The first-order valence-corrected chi connectivity index (χ1v) is 3.56. The van der Waals surface area contributed by atoms with Gasteiger partial charge in [0.2, 0.25) is 0 Å². The van der Waals surface area contributed by atoms with E-state index in [4.69, 9.17) is 10.2 Å². The Bertz CT molecular complexity index is 476. The second kappa shape index (κ2) is 2.60. The smallest absolute Gasteiger partial charge is 0.424 e. The molecule has 2 heterocycles. The Hall–Kier alpha value is -1.79. The Morgan fingerprint density at radius 3 is 2.71 bits per heavy atom. The number of nitrogens with zero attached hydrogens (tertiary/aromatic N) is 2. The van der Waals surface area contributed by atoms with Crippen LogP contribution < -0.4 is 5.73 Å². The third-order valence-corrected chi connectivity index (χ3v) is 1.59. The number of hydrogen-bond acceptors (Lipinski definition) is 4. The first-order chi connectivity index (χ1) is 6.48. The monoisotopic (exact) mass is 203 g/mol. The second-order valence-electron chi connectivity index (χ2n) is 2.56. The molecule has 0 saturated heterocycles. The van der Waals surface area contributed by atoms with Gasteiger partial charge in [-0.25, -0.2) is 4.98 Å². The number of nitrogen functional groups attached to an aromatic ring is 1. The van der Waals surface area contributed by atoms with Crippen LogP contribution >= 0.6 is 0 Å². The molecule has 0 bridgehead atoms. The molecule has 0 aliphatic rings. The van der Waals surface area contributed by atoms with E-state index < -0.39 is 11.9 Å². The van der Waals surface area contributed by atoms with Crippen LogP contribution in [0.2, 0.25) is 0 Å². The van der Waals surface area contributed by atoms with Gasteiger partial charge in [0.1, 0.15) is 5.52 Å². The van der Waals surface area contributed by atoms with Crippen LogP contribution in [0, 0.1) is 0 Å². The molecule has 0 radical (unpaired) electrons. The summed E-state index contributed by atoms with van der Waals surface area (Å²) in [6.07, 6.45) is -3.56. The summed E-state index contributed by atoms with van der Waals surface area (Å²) in [4.78, 5) is 6.60. The van der Waals surface area contributed by atoms with Gasteiger partial charge in [0.25, 0.3) is 6.01 Å². The molecular weight excluding hydrogens is 199 g/mol. The van der Waals surface area contributed by atoms with E-state index in [0.29, 0.717) is 0 Å². The van der Waals surface area contributed by atoms with Crippen LogP contribution in [0.1, 0.15) is 5.69 Å². The molecule has 0 aliphatic heterocycles. The van der Waals surface area contributed by atoms with E-state index in [-0.39, 0.29) is 17.1 Å². The Balaban J connectivity index is 2.77. The number of anilines is 1. The molecule has 2 rings (SSSR count). The maximum Gasteiger partial charge on any atom is 0.435 e. The molecule has 7 heteroatoms. The fraction of sp³-hybridized carbons (Fsp3) is 0.143. The predicted octanol–water partition coefficient (Wildman–Crippen LogP) is 1.82. The highest BCUT2D eigenvalue weighted by Gasteiger charge is 2.36. The van der Waals surface area contributed by atoms with Crippen molar-refractivity contribution < 1.29 is 17.6 Å². The van der Waals surface area contributed by atoms with E-state index in [2.05, 4.69) is 9.97 Å². The minimum absolute atomic E-state index is 0.0233. The average molecular weight is 203 g/mol. The van der Waals surface area contributed by atoms with E-state index in [1.165, 1.54) is 6.07 Å². The normalized spacial score (nSPS) is 12.2. The Morgan fingerprint density at radius 1 is 1.36 bits per heavy atom. The Labute approximate surface area is 75.5 Å². The van der Waals surface area contributed by atoms with Gasteiger partial charge in [-0.1, -0.05) is 0 Å². The maximum atomic E-state index is 12.3. The zero-order valence-electron chi connectivity index (χ0n) is 6.67. The second-order valence-corrected chi connectivity index (χ2v) is 2.56. The van der Waals surface area contributed by atoms with Crippen molar-refractivity contribution in [1.29, 1.82) is 0 Å². The molecule has 0 saturated carbocycles. The molecule has 0 aromatic carbocycles. The molecule has 14 heavy (non-hydrogen) atoms. The lowest BCUT2D eigenvalue weighted by Crippen LogP contribution is -2.08. The maximum absolute atomic E-state index is 12.3. The number of halogens is 3. The highest BCUT2D eigenvalue weighted by molar-refractivity contribution is 5.76. The lowest BCUT2D eigenvalue weighted by molar-refractivity contribution is -0.139. The van der Waals surface area contributed by atoms with Crippen LogP contribution in [0.4, 0.5) is 19.2 Å². The van der Waals surface area contributed by atoms with Crippen molar-refractivity contribution in [3.05, 3.63) is 18.0 Å². The number of fused-ring (bicyclic) bond motifs is 1. The van der Waals surface area contributed by atoms with Gasteiger partial charge in [0.05, 0.1) is 0 Å². The molecule has 74 valence electrons. The van der Waals surface area contributed by atoms with Crippen molar-refractivity contribution in [2.24, 2.45) is 0 Å². The van der Waals surface area contributed by atoms with E-state index in [1.54, 1.807) is 0 Å². The van der Waals surface area contributed by atoms with Gasteiger partial charge in [0, 0.05) is 12.3 Å². The van der Waals surface area contributed by atoms with E-state index in [1.807, 2.05) is 0 Å². The molecule has 0 unspecified atom stereocenters. The summed E-state index contributed by atoms with van der Waals surface area (Å²) in [5.41, 5.74) is 3.66. The number of nitrogens with two attached hydrogens (primary N) is 1. The summed E-state index contributed by atoms with van der Waals surface area (Å²) < 4.78 is 41.8. The predicted molar refractivity (Wildman–Crippen MR) is 41.2 cm³/mol. The summed E-state index contributed by atoms with van der Waals surface area (Å²) in [6, 6.07) is 0.965. The summed E-state index contributed by atoms with van der Waals surface area (Å²) in [7, 11) is 0. The lowest BCUT2D eigenvalue weighted by atomic mass is 10.3. The van der Waals surface area contributed by atoms with Crippen molar-refractivity contribution >= 4 is 17.1 Å². The standard InChI is InChI=1S/C7H4F3N3O/c8-7(9,10)5-4-3(1-2-12-5)14-6(11)13-4/h1-2H,(H2,11,13). The van der Waals surface area contributed by atoms with Crippen molar-refractivity contribution in [2.45, 2.75) is 6.18 Å².